The first-order valence-electron chi connectivity index (χ1n) is 10.5. The van der Waals surface area contributed by atoms with Gasteiger partial charge in [-0.25, -0.2) is 12.8 Å². The van der Waals surface area contributed by atoms with E-state index < -0.39 is 32.8 Å². The summed E-state index contributed by atoms with van der Waals surface area (Å²) in [4.78, 5) is 22.9. The number of non-ortho nitro benzene ring substituents is 1. The molecule has 1 aliphatic rings. The Morgan fingerprint density at radius 1 is 1.06 bits per heavy atom. The number of esters is 1. The summed E-state index contributed by atoms with van der Waals surface area (Å²) in [5.74, 6) is -1.16. The third kappa shape index (κ3) is 4.97. The fourth-order valence-electron chi connectivity index (χ4n) is 3.96. The smallest absolute Gasteiger partial charge is 0.308 e. The molecule has 0 fully saturated rings. The highest BCUT2D eigenvalue weighted by Gasteiger charge is 2.37. The van der Waals surface area contributed by atoms with E-state index in [1.54, 1.807) is 12.1 Å². The van der Waals surface area contributed by atoms with Crippen LogP contribution in [0.2, 0.25) is 0 Å². The quantitative estimate of drug-likeness (QED) is 0.283. The predicted molar refractivity (Wildman–Crippen MR) is 121 cm³/mol. The lowest BCUT2D eigenvalue weighted by Crippen LogP contribution is -2.41. The van der Waals surface area contributed by atoms with Crippen molar-refractivity contribution in [3.63, 3.8) is 0 Å². The SMILES string of the molecule is O=C(CC1c2ccccc2CCN1S(=O)(=O)c1ccc(F)cc1)OCc1ccc([N+](=O)[O-])cc1. The maximum Gasteiger partial charge on any atom is 0.308 e. The zero-order valence-electron chi connectivity index (χ0n) is 18.0. The van der Waals surface area contributed by atoms with Crippen LogP contribution in [0.25, 0.3) is 0 Å². The standard InChI is InChI=1S/C24H21FN2O6S/c25-19-7-11-21(12-8-19)34(31,32)26-14-13-18-3-1-2-4-22(18)23(26)15-24(28)33-16-17-5-9-20(10-6-17)27(29)30/h1-12,23H,13-16H2. The molecule has 34 heavy (non-hydrogen) atoms. The number of ether oxygens (including phenoxy) is 1. The number of hydrogen-bond donors (Lipinski definition) is 0. The summed E-state index contributed by atoms with van der Waals surface area (Å²) < 4.78 is 46.7. The number of nitro groups is 1. The van der Waals surface area contributed by atoms with Gasteiger partial charge in [0.05, 0.1) is 22.3 Å². The van der Waals surface area contributed by atoms with Gasteiger partial charge < -0.3 is 4.74 Å². The average molecular weight is 485 g/mol. The second kappa shape index (κ2) is 9.70. The molecule has 0 radical (unpaired) electrons. The Morgan fingerprint density at radius 2 is 1.74 bits per heavy atom. The van der Waals surface area contributed by atoms with Crippen molar-refractivity contribution in [3.8, 4) is 0 Å². The molecular formula is C24H21FN2O6S. The number of sulfonamides is 1. The number of nitro benzene ring substituents is 1. The molecule has 0 N–H and O–H groups in total. The number of carbonyl (C=O) groups is 1. The molecule has 10 heteroatoms. The lowest BCUT2D eigenvalue weighted by atomic mass is 9.92. The van der Waals surface area contributed by atoms with Crippen LogP contribution in [0.15, 0.2) is 77.7 Å². The lowest BCUT2D eigenvalue weighted by molar-refractivity contribution is -0.384. The summed E-state index contributed by atoms with van der Waals surface area (Å²) in [6.45, 7) is 0.0624. The van der Waals surface area contributed by atoms with E-state index >= 15 is 0 Å². The zero-order valence-corrected chi connectivity index (χ0v) is 18.8. The van der Waals surface area contributed by atoms with Gasteiger partial charge in [0.1, 0.15) is 12.4 Å². The molecule has 4 rings (SSSR count). The Morgan fingerprint density at radius 3 is 2.41 bits per heavy atom. The predicted octanol–water partition coefficient (Wildman–Crippen LogP) is 4.16. The molecule has 1 atom stereocenters. The van der Waals surface area contributed by atoms with Crippen LogP contribution < -0.4 is 0 Å². The van der Waals surface area contributed by atoms with Crippen molar-refractivity contribution < 1.29 is 27.3 Å². The Bertz CT molecular complexity index is 1310. The summed E-state index contributed by atoms with van der Waals surface area (Å²) in [6, 6.07) is 16.7. The van der Waals surface area contributed by atoms with Crippen LogP contribution in [0.4, 0.5) is 10.1 Å². The molecule has 0 amide bonds. The van der Waals surface area contributed by atoms with Gasteiger partial charge in [0.2, 0.25) is 10.0 Å². The Labute approximate surface area is 195 Å². The van der Waals surface area contributed by atoms with E-state index in [-0.39, 0.29) is 30.2 Å². The number of fused-ring (bicyclic) bond motifs is 1. The van der Waals surface area contributed by atoms with Gasteiger partial charge in [0.25, 0.3) is 5.69 Å². The van der Waals surface area contributed by atoms with Crippen molar-refractivity contribution in [2.75, 3.05) is 6.54 Å². The minimum Gasteiger partial charge on any atom is -0.461 e. The van der Waals surface area contributed by atoms with Crippen LogP contribution in [-0.4, -0.2) is 30.2 Å². The Balaban J connectivity index is 1.55. The average Bonchev–Trinajstić information content (AvgIpc) is 2.83. The molecule has 8 nitrogen and oxygen atoms in total. The van der Waals surface area contributed by atoms with Gasteiger partial charge in [0.15, 0.2) is 0 Å². The molecule has 0 saturated heterocycles. The lowest BCUT2D eigenvalue weighted by Gasteiger charge is -2.36. The number of carbonyl (C=O) groups excluding carboxylic acids is 1. The monoisotopic (exact) mass is 484 g/mol. The molecule has 0 spiro atoms. The number of nitrogens with zero attached hydrogens (tertiary/aromatic N) is 2. The third-order valence-corrected chi connectivity index (χ3v) is 7.61. The van der Waals surface area contributed by atoms with E-state index in [2.05, 4.69) is 0 Å². The second-order valence-electron chi connectivity index (χ2n) is 7.82. The molecule has 1 unspecified atom stereocenters. The van der Waals surface area contributed by atoms with E-state index in [9.17, 15) is 27.7 Å². The first kappa shape index (κ1) is 23.5. The molecule has 0 aromatic heterocycles. The van der Waals surface area contributed by atoms with E-state index in [1.165, 1.54) is 40.7 Å². The molecule has 0 saturated carbocycles. The summed E-state index contributed by atoms with van der Waals surface area (Å²) in [7, 11) is -4.00. The number of benzene rings is 3. The highest BCUT2D eigenvalue weighted by molar-refractivity contribution is 7.89. The van der Waals surface area contributed by atoms with Crippen LogP contribution in [0.3, 0.4) is 0 Å². The van der Waals surface area contributed by atoms with Gasteiger partial charge >= 0.3 is 5.97 Å². The molecule has 1 heterocycles. The number of rotatable bonds is 7. The highest BCUT2D eigenvalue weighted by Crippen LogP contribution is 2.36. The Hall–Kier alpha value is -3.63. The largest absolute Gasteiger partial charge is 0.461 e. The molecule has 0 bridgehead atoms. The molecule has 176 valence electrons. The fourth-order valence-corrected chi connectivity index (χ4v) is 5.57. The maximum absolute atomic E-state index is 13.4. The second-order valence-corrected chi connectivity index (χ2v) is 9.71. The van der Waals surface area contributed by atoms with Crippen molar-refractivity contribution in [1.29, 1.82) is 0 Å². The van der Waals surface area contributed by atoms with Crippen molar-refractivity contribution in [3.05, 3.63) is 105 Å². The number of hydrogen-bond acceptors (Lipinski definition) is 6. The molecular weight excluding hydrogens is 463 g/mol. The summed E-state index contributed by atoms with van der Waals surface area (Å²) in [5, 5.41) is 10.8. The summed E-state index contributed by atoms with van der Waals surface area (Å²) >= 11 is 0. The van der Waals surface area contributed by atoms with Gasteiger partial charge in [0, 0.05) is 18.7 Å². The van der Waals surface area contributed by atoms with Crippen molar-refractivity contribution in [2.24, 2.45) is 0 Å². The summed E-state index contributed by atoms with van der Waals surface area (Å²) in [5.41, 5.74) is 2.15. The van der Waals surface area contributed by atoms with Gasteiger partial charge in [-0.2, -0.15) is 4.31 Å². The molecule has 3 aromatic rings. The van der Waals surface area contributed by atoms with Gasteiger partial charge in [-0.1, -0.05) is 24.3 Å². The van der Waals surface area contributed by atoms with E-state index in [0.717, 1.165) is 17.7 Å². The topological polar surface area (TPSA) is 107 Å². The van der Waals surface area contributed by atoms with Crippen molar-refractivity contribution in [2.45, 2.75) is 30.4 Å². The van der Waals surface area contributed by atoms with Crippen LogP contribution in [-0.2, 0) is 32.6 Å². The van der Waals surface area contributed by atoms with Gasteiger partial charge in [-0.05, 0) is 59.5 Å². The van der Waals surface area contributed by atoms with Gasteiger partial charge in [-0.15, -0.1) is 0 Å². The fraction of sp³-hybridized carbons (Fsp3) is 0.208. The van der Waals surface area contributed by atoms with E-state index in [1.807, 2.05) is 12.1 Å². The first-order valence-corrected chi connectivity index (χ1v) is 11.9. The minimum absolute atomic E-state index is 0.0578. The van der Waals surface area contributed by atoms with Crippen molar-refractivity contribution >= 4 is 21.7 Å². The van der Waals surface area contributed by atoms with E-state index in [4.69, 9.17) is 4.74 Å². The first-order chi connectivity index (χ1) is 16.3. The third-order valence-electron chi connectivity index (χ3n) is 5.69. The van der Waals surface area contributed by atoms with Crippen LogP contribution in [0.1, 0.15) is 29.2 Å². The van der Waals surface area contributed by atoms with Crippen LogP contribution in [0, 0.1) is 15.9 Å². The number of halogens is 1. The summed E-state index contributed by atoms with van der Waals surface area (Å²) in [6.07, 6.45) is 0.259. The molecule has 0 aliphatic carbocycles. The molecule has 3 aromatic carbocycles. The van der Waals surface area contributed by atoms with Crippen molar-refractivity contribution in [1.82, 2.24) is 4.31 Å². The normalized spacial score (nSPS) is 16.0. The Kier molecular flexibility index (Phi) is 6.71. The van der Waals surface area contributed by atoms with E-state index in [0.29, 0.717) is 17.5 Å². The zero-order chi connectivity index (χ0) is 24.3. The molecule has 1 aliphatic heterocycles. The minimum atomic E-state index is -4.00. The van der Waals surface area contributed by atoms with Crippen LogP contribution >= 0.6 is 0 Å². The maximum atomic E-state index is 13.4. The van der Waals surface area contributed by atoms with Gasteiger partial charge in [-0.3, -0.25) is 14.9 Å². The van der Waals surface area contributed by atoms with Crippen LogP contribution in [0.5, 0.6) is 0 Å². The highest BCUT2D eigenvalue weighted by atomic mass is 32.2.